The maximum Gasteiger partial charge on any atom is 0.423 e. The second-order valence-electron chi connectivity index (χ2n) is 11.6. The zero-order valence-electron chi connectivity index (χ0n) is 24.1. The molecule has 4 aromatic rings. The fourth-order valence-corrected chi connectivity index (χ4v) is 5.76. The summed E-state index contributed by atoms with van der Waals surface area (Å²) in [5.74, 6) is 0. The molecule has 0 saturated carbocycles. The summed E-state index contributed by atoms with van der Waals surface area (Å²) in [6.45, 7) is 8.47. The number of urea groups is 1. The molecule has 3 amide bonds. The highest BCUT2D eigenvalue weighted by Gasteiger charge is 2.38. The minimum atomic E-state index is -0.811. The summed E-state index contributed by atoms with van der Waals surface area (Å²) in [6.07, 6.45) is -0.781. The molecular weight excluding hydrogens is 526 g/mol. The highest BCUT2D eigenvalue weighted by Crippen LogP contribution is 2.44. The number of benzene rings is 4. The zero-order chi connectivity index (χ0) is 29.4. The number of piperazine rings is 1. The third-order valence-electron chi connectivity index (χ3n) is 7.71. The second kappa shape index (κ2) is 10.7. The Morgan fingerprint density at radius 1 is 0.881 bits per heavy atom. The first kappa shape index (κ1) is 27.2. The van der Waals surface area contributed by atoms with Crippen molar-refractivity contribution in [2.45, 2.75) is 32.9 Å². The van der Waals surface area contributed by atoms with Gasteiger partial charge in [-0.2, -0.15) is 10.2 Å². The van der Waals surface area contributed by atoms with Crippen LogP contribution in [0.5, 0.6) is 0 Å². The minimum Gasteiger partial charge on any atom is -0.443 e. The van der Waals surface area contributed by atoms with Crippen LogP contribution in [0.25, 0.3) is 21.9 Å². The maximum atomic E-state index is 13.5. The first-order valence-electron chi connectivity index (χ1n) is 14.2. The average Bonchev–Trinajstić information content (AvgIpc) is 2.99. The summed E-state index contributed by atoms with van der Waals surface area (Å²) in [4.78, 5) is 32.4. The van der Waals surface area contributed by atoms with Crippen LogP contribution in [0, 0.1) is 11.3 Å². The highest BCUT2D eigenvalue weighted by molar-refractivity contribution is 6.16. The predicted molar refractivity (Wildman–Crippen MR) is 166 cm³/mol. The lowest BCUT2D eigenvalue weighted by atomic mass is 9.91. The van der Waals surface area contributed by atoms with Crippen molar-refractivity contribution in [3.63, 3.8) is 0 Å². The van der Waals surface area contributed by atoms with E-state index in [1.165, 1.54) is 5.69 Å². The van der Waals surface area contributed by atoms with Crippen molar-refractivity contribution in [3.8, 4) is 17.2 Å². The molecule has 6 rings (SSSR count). The monoisotopic (exact) mass is 559 g/mol. The highest BCUT2D eigenvalue weighted by atomic mass is 16.6. The molecular formula is C34H33N5O3. The van der Waals surface area contributed by atoms with Crippen LogP contribution < -0.4 is 20.0 Å². The van der Waals surface area contributed by atoms with Crippen LogP contribution in [0.4, 0.5) is 26.7 Å². The van der Waals surface area contributed by atoms with Crippen LogP contribution in [0.3, 0.4) is 0 Å². The van der Waals surface area contributed by atoms with Crippen molar-refractivity contribution >= 4 is 40.0 Å². The average molecular weight is 560 g/mol. The van der Waals surface area contributed by atoms with Crippen molar-refractivity contribution in [2.24, 2.45) is 0 Å². The molecule has 2 aliphatic rings. The van der Waals surface area contributed by atoms with Gasteiger partial charge in [0.05, 0.1) is 16.9 Å². The molecule has 8 nitrogen and oxygen atoms in total. The molecule has 1 fully saturated rings. The summed E-state index contributed by atoms with van der Waals surface area (Å²) in [7, 11) is 0. The van der Waals surface area contributed by atoms with E-state index < -0.39 is 17.7 Å². The van der Waals surface area contributed by atoms with E-state index in [0.29, 0.717) is 22.4 Å². The van der Waals surface area contributed by atoms with E-state index in [1.54, 1.807) is 20.8 Å². The molecule has 4 aromatic carbocycles. The molecule has 1 N–H and O–H groups in total. The van der Waals surface area contributed by atoms with Crippen LogP contribution in [0.2, 0.25) is 0 Å². The van der Waals surface area contributed by atoms with Crippen LogP contribution in [-0.2, 0) is 11.3 Å². The van der Waals surface area contributed by atoms with Gasteiger partial charge in [-0.3, -0.25) is 0 Å². The van der Waals surface area contributed by atoms with E-state index in [0.717, 1.165) is 53.1 Å². The van der Waals surface area contributed by atoms with E-state index >= 15 is 0 Å². The largest absolute Gasteiger partial charge is 0.443 e. The normalized spacial score (nSPS) is 15.2. The summed E-state index contributed by atoms with van der Waals surface area (Å²) >= 11 is 0. The van der Waals surface area contributed by atoms with Gasteiger partial charge in [-0.1, -0.05) is 54.6 Å². The fourth-order valence-electron chi connectivity index (χ4n) is 5.76. The summed E-state index contributed by atoms with van der Waals surface area (Å²) < 4.78 is 5.67. The van der Waals surface area contributed by atoms with Crippen LogP contribution in [0.15, 0.2) is 78.9 Å². The minimum absolute atomic E-state index is 0.134. The summed E-state index contributed by atoms with van der Waals surface area (Å²) in [5.41, 5.74) is 4.17. The molecule has 0 aromatic heterocycles. The molecule has 1 saturated heterocycles. The third kappa shape index (κ3) is 5.10. The molecule has 2 aliphatic heterocycles. The molecule has 0 unspecified atom stereocenters. The van der Waals surface area contributed by atoms with Gasteiger partial charge in [0.15, 0.2) is 0 Å². The number of ether oxygens (including phenoxy) is 1. The molecule has 42 heavy (non-hydrogen) atoms. The molecule has 2 heterocycles. The number of amides is 3. The Bertz CT molecular complexity index is 1710. The van der Waals surface area contributed by atoms with Gasteiger partial charge >= 0.3 is 12.1 Å². The van der Waals surface area contributed by atoms with Crippen molar-refractivity contribution in [1.82, 2.24) is 5.32 Å². The van der Waals surface area contributed by atoms with E-state index in [2.05, 4.69) is 39.4 Å². The number of para-hydroxylation sites is 1. The van der Waals surface area contributed by atoms with Crippen molar-refractivity contribution in [1.29, 1.82) is 5.26 Å². The van der Waals surface area contributed by atoms with Gasteiger partial charge < -0.3 is 19.9 Å². The number of nitriles is 1. The van der Waals surface area contributed by atoms with Crippen molar-refractivity contribution in [3.05, 3.63) is 90.0 Å². The Balaban J connectivity index is 1.49. The van der Waals surface area contributed by atoms with Gasteiger partial charge in [-0.25, -0.2) is 9.59 Å². The predicted octanol–water partition coefficient (Wildman–Crippen LogP) is 6.67. The SMILES string of the molecule is CC(C)(C)OC(=O)N1C(=O)NCc2c(C#N)c(N3CCN(c4ccccc4)CC3)cc(-c3ccc4ccccc4c3)c21. The van der Waals surface area contributed by atoms with Gasteiger partial charge in [-0.15, -0.1) is 0 Å². The van der Waals surface area contributed by atoms with Crippen LogP contribution in [-0.4, -0.2) is 43.9 Å². The van der Waals surface area contributed by atoms with Crippen molar-refractivity contribution in [2.75, 3.05) is 40.9 Å². The lowest BCUT2D eigenvalue weighted by Gasteiger charge is -2.39. The Kier molecular flexibility index (Phi) is 6.95. The number of carbonyl (C=O) groups is 2. The van der Waals surface area contributed by atoms with E-state index in [4.69, 9.17) is 4.74 Å². The van der Waals surface area contributed by atoms with Gasteiger partial charge in [0.1, 0.15) is 11.7 Å². The number of rotatable bonds is 3. The molecule has 0 spiro atoms. The van der Waals surface area contributed by atoms with E-state index in [-0.39, 0.29) is 6.54 Å². The Morgan fingerprint density at radius 3 is 2.24 bits per heavy atom. The number of imide groups is 1. The molecule has 212 valence electrons. The topological polar surface area (TPSA) is 88.9 Å². The summed E-state index contributed by atoms with van der Waals surface area (Å²) in [6, 6.07) is 28.3. The molecule has 0 atom stereocenters. The third-order valence-corrected chi connectivity index (χ3v) is 7.71. The first-order valence-corrected chi connectivity index (χ1v) is 14.2. The molecule has 8 heteroatoms. The summed E-state index contributed by atoms with van der Waals surface area (Å²) in [5, 5.41) is 15.4. The number of hydrogen-bond acceptors (Lipinski definition) is 6. The zero-order valence-corrected chi connectivity index (χ0v) is 24.1. The van der Waals surface area contributed by atoms with E-state index in [9.17, 15) is 14.9 Å². The van der Waals surface area contributed by atoms with Gasteiger partial charge in [0.25, 0.3) is 0 Å². The maximum absolute atomic E-state index is 13.5. The van der Waals surface area contributed by atoms with Gasteiger partial charge in [-0.05, 0) is 61.4 Å². The quantitative estimate of drug-likeness (QED) is 0.302. The van der Waals surface area contributed by atoms with Crippen LogP contribution >= 0.6 is 0 Å². The number of hydrogen-bond donors (Lipinski definition) is 1. The molecule has 0 radical (unpaired) electrons. The molecule has 0 bridgehead atoms. The lowest BCUT2D eigenvalue weighted by Crippen LogP contribution is -2.50. The number of anilines is 3. The van der Waals surface area contributed by atoms with Crippen molar-refractivity contribution < 1.29 is 14.3 Å². The smallest absolute Gasteiger partial charge is 0.423 e. The van der Waals surface area contributed by atoms with Gasteiger partial charge in [0.2, 0.25) is 0 Å². The standard InChI is InChI=1S/C34H33N5O3/c1-34(2,3)42-33(41)39-31-27(25-14-13-23-9-7-8-10-24(23)19-25)20-30(28(21-35)29(31)22-36-32(39)40)38-17-15-37(16-18-38)26-11-5-4-6-12-26/h4-14,19-20H,15-18,22H2,1-3H3,(H,36,40). The second-order valence-corrected chi connectivity index (χ2v) is 11.6. The Morgan fingerprint density at radius 2 is 1.55 bits per heavy atom. The molecule has 0 aliphatic carbocycles. The van der Waals surface area contributed by atoms with Gasteiger partial charge in [0, 0.05) is 49.5 Å². The lowest BCUT2D eigenvalue weighted by molar-refractivity contribution is 0.0591. The Hall–Kier alpha value is -5.03. The number of nitrogens with zero attached hydrogens (tertiary/aromatic N) is 4. The van der Waals surface area contributed by atoms with E-state index in [1.807, 2.05) is 60.7 Å². The Labute approximate surface area is 245 Å². The first-order chi connectivity index (χ1) is 20.2. The van der Waals surface area contributed by atoms with Crippen LogP contribution in [0.1, 0.15) is 31.9 Å². The number of carbonyl (C=O) groups excluding carboxylic acids is 2. The number of nitrogens with one attached hydrogen (secondary N) is 1. The fraction of sp³-hybridized carbons (Fsp3) is 0.265. The number of fused-ring (bicyclic) bond motifs is 2.